The van der Waals surface area contributed by atoms with E-state index in [0.717, 1.165) is 43.5 Å². The third kappa shape index (κ3) is 2.78. The Morgan fingerprint density at radius 2 is 1.76 bits per heavy atom. The highest BCUT2D eigenvalue weighted by Gasteiger charge is 2.30. The summed E-state index contributed by atoms with van der Waals surface area (Å²) in [6.07, 6.45) is -1.73. The topological polar surface area (TPSA) is 26.3 Å². The van der Waals surface area contributed by atoms with Crippen LogP contribution in [0.3, 0.4) is 0 Å². The lowest BCUT2D eigenvalue weighted by atomic mass is 9.96. The van der Waals surface area contributed by atoms with E-state index < -0.39 is 17.7 Å². The SMILES string of the molecule is O=C(OC1CCC1)c1ccc(C(F)(F)F)cc1. The lowest BCUT2D eigenvalue weighted by Gasteiger charge is -2.25. The van der Waals surface area contributed by atoms with Crippen molar-refractivity contribution in [3.8, 4) is 0 Å². The Labute approximate surface area is 96.4 Å². The molecule has 0 N–H and O–H groups in total. The lowest BCUT2D eigenvalue weighted by Crippen LogP contribution is -2.25. The van der Waals surface area contributed by atoms with Crippen LogP contribution in [0.25, 0.3) is 0 Å². The van der Waals surface area contributed by atoms with Gasteiger partial charge in [-0.2, -0.15) is 13.2 Å². The van der Waals surface area contributed by atoms with Crippen molar-refractivity contribution in [1.82, 2.24) is 0 Å². The molecule has 1 aromatic rings. The number of halogens is 3. The molecule has 1 saturated carbocycles. The second-order valence-electron chi connectivity index (χ2n) is 4.03. The van der Waals surface area contributed by atoms with E-state index in [0.29, 0.717) is 0 Å². The summed E-state index contributed by atoms with van der Waals surface area (Å²) in [5, 5.41) is 0. The van der Waals surface area contributed by atoms with Crippen molar-refractivity contribution in [3.63, 3.8) is 0 Å². The second-order valence-corrected chi connectivity index (χ2v) is 4.03. The van der Waals surface area contributed by atoms with Crippen LogP contribution in [0.2, 0.25) is 0 Å². The van der Waals surface area contributed by atoms with E-state index in [9.17, 15) is 18.0 Å². The first-order valence-electron chi connectivity index (χ1n) is 5.35. The second kappa shape index (κ2) is 4.39. The van der Waals surface area contributed by atoms with Crippen LogP contribution in [-0.2, 0) is 10.9 Å². The fourth-order valence-corrected chi connectivity index (χ4v) is 1.50. The van der Waals surface area contributed by atoms with Gasteiger partial charge in [0.1, 0.15) is 6.10 Å². The van der Waals surface area contributed by atoms with E-state index >= 15 is 0 Å². The molecule has 2 rings (SSSR count). The van der Waals surface area contributed by atoms with Crippen LogP contribution in [0.1, 0.15) is 35.2 Å². The summed E-state index contributed by atoms with van der Waals surface area (Å²) in [6.45, 7) is 0. The molecule has 1 fully saturated rings. The number of esters is 1. The van der Waals surface area contributed by atoms with Gasteiger partial charge in [-0.1, -0.05) is 0 Å². The normalized spacial score (nSPS) is 16.4. The van der Waals surface area contributed by atoms with Crippen molar-refractivity contribution >= 4 is 5.97 Å². The first-order valence-corrected chi connectivity index (χ1v) is 5.35. The molecule has 0 heterocycles. The molecule has 0 aromatic heterocycles. The molecule has 1 aliphatic carbocycles. The Kier molecular flexibility index (Phi) is 3.09. The van der Waals surface area contributed by atoms with E-state index in [1.54, 1.807) is 0 Å². The van der Waals surface area contributed by atoms with Crippen LogP contribution in [-0.4, -0.2) is 12.1 Å². The number of carbonyl (C=O) groups excluding carboxylic acids is 1. The Morgan fingerprint density at radius 3 is 2.18 bits per heavy atom. The molecule has 5 heteroatoms. The van der Waals surface area contributed by atoms with Gasteiger partial charge in [-0.3, -0.25) is 0 Å². The summed E-state index contributed by atoms with van der Waals surface area (Å²) in [4.78, 5) is 11.5. The minimum absolute atomic E-state index is 0.0650. The molecule has 1 aromatic carbocycles. The number of hydrogen-bond donors (Lipinski definition) is 0. The monoisotopic (exact) mass is 244 g/mol. The Hall–Kier alpha value is -1.52. The van der Waals surface area contributed by atoms with Crippen LogP contribution in [0.15, 0.2) is 24.3 Å². The van der Waals surface area contributed by atoms with Gasteiger partial charge in [-0.25, -0.2) is 4.79 Å². The van der Waals surface area contributed by atoms with Crippen LogP contribution in [0.5, 0.6) is 0 Å². The molecule has 0 amide bonds. The molecule has 0 bridgehead atoms. The van der Waals surface area contributed by atoms with Gasteiger partial charge in [-0.05, 0) is 43.5 Å². The number of ether oxygens (including phenoxy) is 1. The smallest absolute Gasteiger partial charge is 0.416 e. The van der Waals surface area contributed by atoms with E-state index in [1.807, 2.05) is 0 Å². The summed E-state index contributed by atoms with van der Waals surface area (Å²) < 4.78 is 41.9. The van der Waals surface area contributed by atoms with Crippen LogP contribution >= 0.6 is 0 Å². The first kappa shape index (κ1) is 12.0. The van der Waals surface area contributed by atoms with Gasteiger partial charge < -0.3 is 4.74 Å². The zero-order chi connectivity index (χ0) is 12.5. The zero-order valence-corrected chi connectivity index (χ0v) is 8.96. The van der Waals surface area contributed by atoms with Gasteiger partial charge in [0.05, 0.1) is 11.1 Å². The highest BCUT2D eigenvalue weighted by molar-refractivity contribution is 5.89. The molecule has 0 radical (unpaired) electrons. The molecule has 17 heavy (non-hydrogen) atoms. The number of carbonyl (C=O) groups is 1. The largest absolute Gasteiger partial charge is 0.459 e. The lowest BCUT2D eigenvalue weighted by molar-refractivity contribution is -0.137. The highest BCUT2D eigenvalue weighted by atomic mass is 19.4. The van der Waals surface area contributed by atoms with Crippen molar-refractivity contribution in [3.05, 3.63) is 35.4 Å². The molecule has 2 nitrogen and oxygen atoms in total. The van der Waals surface area contributed by atoms with Gasteiger partial charge in [-0.15, -0.1) is 0 Å². The van der Waals surface area contributed by atoms with Gasteiger partial charge in [0.25, 0.3) is 0 Å². The van der Waals surface area contributed by atoms with E-state index in [2.05, 4.69) is 0 Å². The average Bonchev–Trinajstić information content (AvgIpc) is 2.22. The van der Waals surface area contributed by atoms with Crippen molar-refractivity contribution in [1.29, 1.82) is 0 Å². The maximum atomic E-state index is 12.3. The Bertz CT molecular complexity index is 405. The van der Waals surface area contributed by atoms with E-state index in [-0.39, 0.29) is 11.7 Å². The van der Waals surface area contributed by atoms with Crippen LogP contribution in [0.4, 0.5) is 13.2 Å². The third-order valence-corrected chi connectivity index (χ3v) is 2.77. The minimum atomic E-state index is -4.38. The van der Waals surface area contributed by atoms with Crippen molar-refractivity contribution in [2.75, 3.05) is 0 Å². The summed E-state index contributed by atoms with van der Waals surface area (Å²) in [6, 6.07) is 4.06. The van der Waals surface area contributed by atoms with Crippen LogP contribution < -0.4 is 0 Å². The fraction of sp³-hybridized carbons (Fsp3) is 0.417. The highest BCUT2D eigenvalue weighted by Crippen LogP contribution is 2.29. The minimum Gasteiger partial charge on any atom is -0.459 e. The third-order valence-electron chi connectivity index (χ3n) is 2.77. The summed E-state index contributed by atoms with van der Waals surface area (Å²) in [7, 11) is 0. The van der Waals surface area contributed by atoms with Gasteiger partial charge in [0.15, 0.2) is 0 Å². The van der Waals surface area contributed by atoms with Crippen molar-refractivity contribution < 1.29 is 22.7 Å². The molecular formula is C12H11F3O2. The average molecular weight is 244 g/mol. The quantitative estimate of drug-likeness (QED) is 0.745. The Morgan fingerprint density at radius 1 is 1.18 bits per heavy atom. The maximum absolute atomic E-state index is 12.3. The summed E-state index contributed by atoms with van der Waals surface area (Å²) in [5.74, 6) is -0.552. The molecule has 0 atom stereocenters. The summed E-state index contributed by atoms with van der Waals surface area (Å²) in [5.41, 5.74) is -0.609. The molecule has 0 aliphatic heterocycles. The van der Waals surface area contributed by atoms with Crippen molar-refractivity contribution in [2.24, 2.45) is 0 Å². The van der Waals surface area contributed by atoms with E-state index in [4.69, 9.17) is 4.74 Å². The molecule has 0 saturated heterocycles. The van der Waals surface area contributed by atoms with Crippen LogP contribution in [0, 0.1) is 0 Å². The first-order chi connectivity index (χ1) is 7.97. The fourth-order valence-electron chi connectivity index (χ4n) is 1.50. The molecule has 0 spiro atoms. The van der Waals surface area contributed by atoms with Gasteiger partial charge >= 0.3 is 12.1 Å². The standard InChI is InChI=1S/C12H11F3O2/c13-12(14,15)9-6-4-8(5-7-9)11(16)17-10-2-1-3-10/h4-7,10H,1-3H2. The zero-order valence-electron chi connectivity index (χ0n) is 8.96. The number of hydrogen-bond acceptors (Lipinski definition) is 2. The number of benzene rings is 1. The molecule has 1 aliphatic rings. The van der Waals surface area contributed by atoms with Gasteiger partial charge in [0.2, 0.25) is 0 Å². The predicted molar refractivity (Wildman–Crippen MR) is 54.5 cm³/mol. The maximum Gasteiger partial charge on any atom is 0.416 e. The molecule has 92 valence electrons. The van der Waals surface area contributed by atoms with Gasteiger partial charge in [0, 0.05) is 0 Å². The number of rotatable bonds is 2. The van der Waals surface area contributed by atoms with E-state index in [1.165, 1.54) is 0 Å². The summed E-state index contributed by atoms with van der Waals surface area (Å²) >= 11 is 0. The number of alkyl halides is 3. The molecular weight excluding hydrogens is 233 g/mol. The van der Waals surface area contributed by atoms with Crippen molar-refractivity contribution in [2.45, 2.75) is 31.5 Å². The predicted octanol–water partition coefficient (Wildman–Crippen LogP) is 3.41. The Balaban J connectivity index is 2.04. The molecule has 0 unspecified atom stereocenters.